The Morgan fingerprint density at radius 1 is 0.745 bits per heavy atom. The van der Waals surface area contributed by atoms with Crippen molar-refractivity contribution in [2.24, 2.45) is 0 Å². The monoisotopic (exact) mass is 692 g/mol. The third kappa shape index (κ3) is 19.6. The van der Waals surface area contributed by atoms with Gasteiger partial charge in [-0.05, 0) is 88.0 Å². The molecule has 0 amide bonds. The van der Waals surface area contributed by atoms with Crippen LogP contribution in [0.1, 0.15) is 70.8 Å². The van der Waals surface area contributed by atoms with Crippen LogP contribution in [0.3, 0.4) is 0 Å². The fourth-order valence-corrected chi connectivity index (χ4v) is 6.26. The minimum Gasteiger partial charge on any atom is -0.466 e. The van der Waals surface area contributed by atoms with Gasteiger partial charge in [-0.2, -0.15) is 0 Å². The second kappa shape index (κ2) is 24.4. The largest absolute Gasteiger partial charge is 0.466 e. The summed E-state index contributed by atoms with van der Waals surface area (Å²) in [6, 6.07) is 16.1. The van der Waals surface area contributed by atoms with Gasteiger partial charge in [-0.25, -0.2) is 0 Å². The highest BCUT2D eigenvalue weighted by molar-refractivity contribution is 8.76. The third-order valence-electron chi connectivity index (χ3n) is 7.34. The lowest BCUT2D eigenvalue weighted by Crippen LogP contribution is -2.31. The predicted octanol–water partition coefficient (Wildman–Crippen LogP) is 6.08. The summed E-state index contributed by atoms with van der Waals surface area (Å²) in [5.41, 5.74) is 7.66. The van der Waals surface area contributed by atoms with Crippen molar-refractivity contribution < 1.29 is 38.4 Å². The average Bonchev–Trinajstić information content (AvgIpc) is 3.06. The highest BCUT2D eigenvalue weighted by atomic mass is 33.1. The molecule has 0 saturated carbocycles. The van der Waals surface area contributed by atoms with E-state index in [-0.39, 0.29) is 50.1 Å². The van der Waals surface area contributed by atoms with Crippen molar-refractivity contribution in [3.05, 3.63) is 54.1 Å². The standard InChI is InChI=1S/C35H52N2O8S2/c1-27(42-3)19-25-44-34(40)17-22-37(21-4-5-24-38)23-18-35(41)45-28(2)20-26-43-33(39)8-6-7-29-9-13-31(14-10-29)46-47-32-15-11-30(36)12-16-32/h9-16,27-28,38H,4-8,17-26,36H2,1-3H3. The number of carbonyl (C=O) groups is 3. The highest BCUT2D eigenvalue weighted by Crippen LogP contribution is 2.37. The molecule has 0 aliphatic heterocycles. The number of unbranched alkanes of at least 4 members (excludes halogenated alkanes) is 1. The molecule has 0 fully saturated rings. The third-order valence-corrected chi connectivity index (χ3v) is 9.76. The Morgan fingerprint density at radius 2 is 1.30 bits per heavy atom. The predicted molar refractivity (Wildman–Crippen MR) is 187 cm³/mol. The number of ether oxygens (including phenoxy) is 4. The molecular formula is C35H52N2O8S2. The number of rotatable bonds is 25. The lowest BCUT2D eigenvalue weighted by molar-refractivity contribution is -0.150. The summed E-state index contributed by atoms with van der Waals surface area (Å²) in [5.74, 6) is -0.901. The Labute approximate surface area is 287 Å². The van der Waals surface area contributed by atoms with E-state index in [1.54, 1.807) is 35.6 Å². The number of benzene rings is 2. The Balaban J connectivity index is 1.58. The van der Waals surface area contributed by atoms with E-state index in [1.807, 2.05) is 36.1 Å². The Morgan fingerprint density at radius 3 is 1.89 bits per heavy atom. The molecule has 2 atom stereocenters. The number of esters is 3. The molecule has 0 spiro atoms. The SMILES string of the molecule is COC(C)CCOC(=O)CCN(CCCCO)CCC(=O)OC(C)CCOC(=O)CCCc1ccc(SSc2ccc(N)cc2)cc1. The van der Waals surface area contributed by atoms with Crippen LogP contribution in [0.2, 0.25) is 0 Å². The Hall–Kier alpha value is -2.77. The first-order valence-electron chi connectivity index (χ1n) is 16.3. The van der Waals surface area contributed by atoms with Gasteiger partial charge in [-0.15, -0.1) is 0 Å². The number of aliphatic hydroxyl groups is 1. The summed E-state index contributed by atoms with van der Waals surface area (Å²) >= 11 is 0. The topological polar surface area (TPSA) is 138 Å². The smallest absolute Gasteiger partial charge is 0.307 e. The number of nitrogen functional groups attached to an aromatic ring is 1. The maximum Gasteiger partial charge on any atom is 0.307 e. The molecule has 0 aromatic heterocycles. The van der Waals surface area contributed by atoms with Crippen LogP contribution in [0.15, 0.2) is 58.3 Å². The number of carbonyl (C=O) groups excluding carboxylic acids is 3. The molecular weight excluding hydrogens is 641 g/mol. The zero-order chi connectivity index (χ0) is 34.3. The van der Waals surface area contributed by atoms with E-state index in [2.05, 4.69) is 24.3 Å². The molecule has 0 heterocycles. The molecule has 0 bridgehead atoms. The lowest BCUT2D eigenvalue weighted by atomic mass is 10.1. The number of nitrogens with zero attached hydrogens (tertiary/aromatic N) is 1. The zero-order valence-corrected chi connectivity index (χ0v) is 29.7. The van der Waals surface area contributed by atoms with Crippen LogP contribution in [-0.2, 0) is 39.8 Å². The van der Waals surface area contributed by atoms with Crippen LogP contribution < -0.4 is 5.73 Å². The van der Waals surface area contributed by atoms with E-state index in [1.165, 1.54) is 5.56 Å². The zero-order valence-electron chi connectivity index (χ0n) is 28.0. The maximum absolute atomic E-state index is 12.5. The minimum absolute atomic E-state index is 0.0229. The highest BCUT2D eigenvalue weighted by Gasteiger charge is 2.15. The second-order valence-corrected chi connectivity index (χ2v) is 13.6. The molecule has 0 aliphatic rings. The summed E-state index contributed by atoms with van der Waals surface area (Å²) in [4.78, 5) is 41.1. The van der Waals surface area contributed by atoms with Gasteiger partial charge < -0.3 is 34.7 Å². The van der Waals surface area contributed by atoms with Crippen molar-refractivity contribution in [3.63, 3.8) is 0 Å². The fraction of sp³-hybridized carbons (Fsp3) is 0.571. The molecule has 2 unspecified atom stereocenters. The van der Waals surface area contributed by atoms with Gasteiger partial charge >= 0.3 is 17.9 Å². The quantitative estimate of drug-likeness (QED) is 0.0410. The van der Waals surface area contributed by atoms with Gasteiger partial charge in [-0.1, -0.05) is 33.7 Å². The van der Waals surface area contributed by atoms with Crippen LogP contribution >= 0.6 is 21.6 Å². The molecule has 2 aromatic carbocycles. The van der Waals surface area contributed by atoms with E-state index in [0.717, 1.165) is 28.3 Å². The lowest BCUT2D eigenvalue weighted by Gasteiger charge is -2.22. The maximum atomic E-state index is 12.5. The van der Waals surface area contributed by atoms with Crippen molar-refractivity contribution in [2.45, 2.75) is 93.6 Å². The van der Waals surface area contributed by atoms with Crippen LogP contribution in [0, 0.1) is 0 Å². The van der Waals surface area contributed by atoms with Gasteiger partial charge in [-0.3, -0.25) is 14.4 Å². The summed E-state index contributed by atoms with van der Waals surface area (Å²) in [7, 11) is 4.99. The molecule has 10 nitrogen and oxygen atoms in total. The normalized spacial score (nSPS) is 12.4. The van der Waals surface area contributed by atoms with Crippen LogP contribution in [0.25, 0.3) is 0 Å². The number of anilines is 1. The van der Waals surface area contributed by atoms with Gasteiger partial charge in [0.15, 0.2) is 0 Å². The first kappa shape index (κ1) is 40.4. The van der Waals surface area contributed by atoms with Crippen LogP contribution in [0.5, 0.6) is 0 Å². The van der Waals surface area contributed by atoms with Gasteiger partial charge in [0.2, 0.25) is 0 Å². The van der Waals surface area contributed by atoms with E-state index in [4.69, 9.17) is 29.8 Å². The molecule has 262 valence electrons. The van der Waals surface area contributed by atoms with E-state index in [0.29, 0.717) is 58.3 Å². The number of aryl methyl sites for hydroxylation is 1. The molecule has 12 heteroatoms. The van der Waals surface area contributed by atoms with Crippen molar-refractivity contribution in [2.75, 3.05) is 52.3 Å². The van der Waals surface area contributed by atoms with Crippen molar-refractivity contribution in [1.82, 2.24) is 4.90 Å². The van der Waals surface area contributed by atoms with Crippen LogP contribution in [0.4, 0.5) is 5.69 Å². The van der Waals surface area contributed by atoms with Crippen molar-refractivity contribution in [1.29, 1.82) is 0 Å². The van der Waals surface area contributed by atoms with Crippen LogP contribution in [-0.4, -0.2) is 86.7 Å². The number of aliphatic hydroxyl groups excluding tert-OH is 1. The van der Waals surface area contributed by atoms with Gasteiger partial charge in [0.25, 0.3) is 0 Å². The van der Waals surface area contributed by atoms with Crippen molar-refractivity contribution in [3.8, 4) is 0 Å². The molecule has 0 aliphatic carbocycles. The molecule has 47 heavy (non-hydrogen) atoms. The van der Waals surface area contributed by atoms with E-state index >= 15 is 0 Å². The molecule has 3 N–H and O–H groups in total. The van der Waals surface area contributed by atoms with Gasteiger partial charge in [0, 0.05) is 61.5 Å². The number of hydrogen-bond acceptors (Lipinski definition) is 12. The first-order chi connectivity index (χ1) is 22.7. The first-order valence-corrected chi connectivity index (χ1v) is 18.5. The van der Waals surface area contributed by atoms with Gasteiger partial charge in [0.05, 0.1) is 32.2 Å². The second-order valence-electron chi connectivity index (χ2n) is 11.4. The molecule has 2 aromatic rings. The molecule has 2 rings (SSSR count). The summed E-state index contributed by atoms with van der Waals surface area (Å²) in [6.07, 6.45) is 4.26. The minimum atomic E-state index is -0.391. The average molecular weight is 693 g/mol. The fourth-order valence-electron chi connectivity index (χ4n) is 4.33. The van der Waals surface area contributed by atoms with E-state index in [9.17, 15) is 14.4 Å². The Bertz CT molecular complexity index is 1170. The molecule has 0 saturated heterocycles. The van der Waals surface area contributed by atoms with Gasteiger partial charge in [0.1, 0.15) is 6.10 Å². The number of hydrogen-bond donors (Lipinski definition) is 2. The number of methoxy groups -OCH3 is 1. The summed E-state index contributed by atoms with van der Waals surface area (Å²) in [5, 5.41) is 9.12. The summed E-state index contributed by atoms with van der Waals surface area (Å²) in [6.45, 7) is 5.82. The summed E-state index contributed by atoms with van der Waals surface area (Å²) < 4.78 is 21.3. The van der Waals surface area contributed by atoms with E-state index < -0.39 is 6.10 Å². The Kier molecular flexibility index (Phi) is 21.0. The molecule has 0 radical (unpaired) electrons. The van der Waals surface area contributed by atoms with Crippen molar-refractivity contribution >= 4 is 45.2 Å². The number of nitrogens with two attached hydrogens (primary N) is 1.